The summed E-state index contributed by atoms with van der Waals surface area (Å²) >= 11 is 0. The highest BCUT2D eigenvalue weighted by Crippen LogP contribution is 2.21. The number of carbonyl (C=O) groups is 2. The lowest BCUT2D eigenvalue weighted by Crippen LogP contribution is -2.28. The van der Waals surface area contributed by atoms with Crippen LogP contribution in [0.2, 0.25) is 0 Å². The number of rotatable bonds is 4. The molecule has 1 amide bonds. The second-order valence-electron chi connectivity index (χ2n) is 3.25. The summed E-state index contributed by atoms with van der Waals surface area (Å²) in [6.45, 7) is -0.344. The number of amides is 1. The third kappa shape index (κ3) is 2.47. The number of carboxylic acid groups (broad SMARTS) is 1. The second kappa shape index (κ2) is 4.61. The minimum Gasteiger partial charge on any atom is -0.480 e. The average Bonchev–Trinajstić information content (AvgIpc) is 2.15. The van der Waals surface area contributed by atoms with Crippen molar-refractivity contribution in [2.24, 2.45) is 5.73 Å². The Balaban J connectivity index is 3.17. The van der Waals surface area contributed by atoms with Gasteiger partial charge in [-0.3, -0.25) is 9.59 Å². The number of hydrogen-bond acceptors (Lipinski definition) is 3. The van der Waals surface area contributed by atoms with Gasteiger partial charge in [0.25, 0.3) is 5.91 Å². The van der Waals surface area contributed by atoms with E-state index in [0.717, 1.165) is 6.07 Å². The first-order valence-electron chi connectivity index (χ1n) is 4.44. The van der Waals surface area contributed by atoms with Crippen LogP contribution in [0.3, 0.4) is 0 Å². The highest BCUT2D eigenvalue weighted by molar-refractivity contribution is 5.99. The molecule has 0 bridgehead atoms. The topological polar surface area (TPSA) is 83.6 Å². The number of halogens is 1. The van der Waals surface area contributed by atoms with E-state index < -0.39 is 17.7 Å². The first-order valence-corrected chi connectivity index (χ1v) is 4.44. The molecule has 0 aliphatic heterocycles. The Hall–Kier alpha value is -2.11. The van der Waals surface area contributed by atoms with Crippen LogP contribution >= 0.6 is 0 Å². The zero-order valence-electron chi connectivity index (χ0n) is 8.61. The fourth-order valence-corrected chi connectivity index (χ4v) is 1.36. The van der Waals surface area contributed by atoms with E-state index in [2.05, 4.69) is 0 Å². The van der Waals surface area contributed by atoms with Gasteiger partial charge >= 0.3 is 5.97 Å². The van der Waals surface area contributed by atoms with E-state index in [9.17, 15) is 14.0 Å². The van der Waals surface area contributed by atoms with Crippen molar-refractivity contribution < 1.29 is 19.1 Å². The van der Waals surface area contributed by atoms with Crippen LogP contribution in [-0.4, -0.2) is 30.6 Å². The van der Waals surface area contributed by atoms with Gasteiger partial charge in [0, 0.05) is 7.05 Å². The van der Waals surface area contributed by atoms with Crippen molar-refractivity contribution in [3.63, 3.8) is 0 Å². The highest BCUT2D eigenvalue weighted by Gasteiger charge is 2.17. The van der Waals surface area contributed by atoms with Crippen LogP contribution < -0.4 is 10.6 Å². The molecule has 0 heterocycles. The van der Waals surface area contributed by atoms with Gasteiger partial charge in [-0.2, -0.15) is 0 Å². The SMILES string of the molecule is CN(CC(=O)O)c1cccc(F)c1C(N)=O. The molecule has 86 valence electrons. The maximum absolute atomic E-state index is 13.3. The predicted octanol–water partition coefficient (Wildman–Crippen LogP) is 0.445. The number of carboxylic acids is 1. The molecule has 16 heavy (non-hydrogen) atoms. The number of carbonyl (C=O) groups excluding carboxylic acids is 1. The summed E-state index contributed by atoms with van der Waals surface area (Å²) in [5, 5.41) is 8.59. The van der Waals surface area contributed by atoms with E-state index in [1.54, 1.807) is 0 Å². The summed E-state index contributed by atoms with van der Waals surface area (Å²) in [4.78, 5) is 22.8. The molecule has 0 atom stereocenters. The van der Waals surface area contributed by atoms with Crippen molar-refractivity contribution in [2.45, 2.75) is 0 Å². The Kier molecular flexibility index (Phi) is 3.44. The molecular weight excluding hydrogens is 215 g/mol. The molecule has 0 saturated carbocycles. The number of likely N-dealkylation sites (N-methyl/N-ethyl adjacent to an activating group) is 1. The van der Waals surface area contributed by atoms with Gasteiger partial charge in [0.05, 0.1) is 11.3 Å². The van der Waals surface area contributed by atoms with Crippen molar-refractivity contribution in [3.05, 3.63) is 29.6 Å². The number of hydrogen-bond donors (Lipinski definition) is 2. The van der Waals surface area contributed by atoms with Gasteiger partial charge in [0.2, 0.25) is 0 Å². The Morgan fingerprint density at radius 1 is 1.50 bits per heavy atom. The number of anilines is 1. The summed E-state index contributed by atoms with van der Waals surface area (Å²) in [6, 6.07) is 3.92. The number of nitrogens with zero attached hydrogens (tertiary/aromatic N) is 1. The molecule has 0 fully saturated rings. The zero-order valence-corrected chi connectivity index (χ0v) is 8.61. The lowest BCUT2D eigenvalue weighted by molar-refractivity contribution is -0.135. The lowest BCUT2D eigenvalue weighted by Gasteiger charge is -2.19. The number of benzene rings is 1. The Bertz CT molecular complexity index is 434. The molecule has 0 aliphatic rings. The summed E-state index contributed by atoms with van der Waals surface area (Å²) in [5.74, 6) is -2.77. The van der Waals surface area contributed by atoms with Gasteiger partial charge in [0.1, 0.15) is 12.4 Å². The van der Waals surface area contributed by atoms with Gasteiger partial charge in [-0.05, 0) is 12.1 Å². The molecule has 0 aromatic heterocycles. The van der Waals surface area contributed by atoms with Gasteiger partial charge in [0.15, 0.2) is 0 Å². The van der Waals surface area contributed by atoms with E-state index in [1.165, 1.54) is 24.1 Å². The Morgan fingerprint density at radius 3 is 2.62 bits per heavy atom. The molecule has 5 nitrogen and oxygen atoms in total. The smallest absolute Gasteiger partial charge is 0.323 e. The normalized spacial score (nSPS) is 9.88. The third-order valence-corrected chi connectivity index (χ3v) is 2.02. The van der Waals surface area contributed by atoms with Crippen LogP contribution in [0.15, 0.2) is 18.2 Å². The van der Waals surface area contributed by atoms with Gasteiger partial charge < -0.3 is 15.7 Å². The van der Waals surface area contributed by atoms with E-state index in [4.69, 9.17) is 10.8 Å². The number of primary amides is 1. The molecule has 0 spiro atoms. The number of nitrogens with two attached hydrogens (primary N) is 1. The quantitative estimate of drug-likeness (QED) is 0.780. The fraction of sp³-hybridized carbons (Fsp3) is 0.200. The van der Waals surface area contributed by atoms with Crippen molar-refractivity contribution in [1.82, 2.24) is 0 Å². The molecule has 0 aliphatic carbocycles. The molecule has 6 heteroatoms. The molecule has 1 aromatic rings. The largest absolute Gasteiger partial charge is 0.480 e. The van der Waals surface area contributed by atoms with Crippen molar-refractivity contribution in [3.8, 4) is 0 Å². The maximum Gasteiger partial charge on any atom is 0.323 e. The molecular formula is C10H11FN2O3. The lowest BCUT2D eigenvalue weighted by atomic mass is 10.1. The Labute approximate surface area is 91.3 Å². The highest BCUT2D eigenvalue weighted by atomic mass is 19.1. The third-order valence-electron chi connectivity index (χ3n) is 2.02. The molecule has 0 saturated heterocycles. The molecule has 0 unspecified atom stereocenters. The van der Waals surface area contributed by atoms with Gasteiger partial charge in [-0.25, -0.2) is 4.39 Å². The van der Waals surface area contributed by atoms with Crippen LogP contribution in [0.4, 0.5) is 10.1 Å². The Morgan fingerprint density at radius 2 is 2.12 bits per heavy atom. The number of aliphatic carboxylic acids is 1. The monoisotopic (exact) mass is 226 g/mol. The minimum absolute atomic E-state index is 0.162. The van der Waals surface area contributed by atoms with Crippen LogP contribution in [0.25, 0.3) is 0 Å². The maximum atomic E-state index is 13.3. The first kappa shape index (κ1) is 12.0. The predicted molar refractivity (Wildman–Crippen MR) is 55.8 cm³/mol. The summed E-state index contributed by atoms with van der Waals surface area (Å²) in [6.07, 6.45) is 0. The van der Waals surface area contributed by atoms with Crippen molar-refractivity contribution >= 4 is 17.6 Å². The zero-order chi connectivity index (χ0) is 12.3. The summed E-state index contributed by atoms with van der Waals surface area (Å²) in [7, 11) is 1.44. The standard InChI is InChI=1S/C10H11FN2O3/c1-13(5-8(14)15)7-4-2-3-6(11)9(7)10(12)16/h2-4H,5H2,1H3,(H2,12,16)(H,14,15). The van der Waals surface area contributed by atoms with Crippen LogP contribution in [-0.2, 0) is 4.79 Å². The van der Waals surface area contributed by atoms with Crippen molar-refractivity contribution in [1.29, 1.82) is 0 Å². The van der Waals surface area contributed by atoms with E-state index in [0.29, 0.717) is 0 Å². The average molecular weight is 226 g/mol. The van der Waals surface area contributed by atoms with Gasteiger partial charge in [-0.15, -0.1) is 0 Å². The molecule has 0 radical (unpaired) electrons. The fourth-order valence-electron chi connectivity index (χ4n) is 1.36. The first-order chi connectivity index (χ1) is 7.43. The van der Waals surface area contributed by atoms with E-state index in [1.807, 2.05) is 0 Å². The minimum atomic E-state index is -1.08. The van der Waals surface area contributed by atoms with Crippen LogP contribution in [0.1, 0.15) is 10.4 Å². The van der Waals surface area contributed by atoms with Crippen LogP contribution in [0.5, 0.6) is 0 Å². The second-order valence-corrected chi connectivity index (χ2v) is 3.25. The molecule has 1 rings (SSSR count). The van der Waals surface area contributed by atoms with Gasteiger partial charge in [-0.1, -0.05) is 6.07 Å². The van der Waals surface area contributed by atoms with Crippen molar-refractivity contribution in [2.75, 3.05) is 18.5 Å². The van der Waals surface area contributed by atoms with E-state index in [-0.39, 0.29) is 17.8 Å². The van der Waals surface area contributed by atoms with Crippen LogP contribution in [0, 0.1) is 5.82 Å². The summed E-state index contributed by atoms with van der Waals surface area (Å²) in [5.41, 5.74) is 4.89. The summed E-state index contributed by atoms with van der Waals surface area (Å²) < 4.78 is 13.3. The molecule has 3 N–H and O–H groups in total. The van der Waals surface area contributed by atoms with E-state index >= 15 is 0 Å². The molecule has 1 aromatic carbocycles.